The third-order valence-electron chi connectivity index (χ3n) is 5.39. The minimum Gasteiger partial charge on any atom is -0.337 e. The topological polar surface area (TPSA) is 36.4 Å². The van der Waals surface area contributed by atoms with E-state index in [1.165, 1.54) is 18.3 Å². The number of benzene rings is 1. The number of rotatable bonds is 4. The van der Waals surface area contributed by atoms with Crippen molar-refractivity contribution in [2.45, 2.75) is 32.0 Å². The minimum atomic E-state index is -0.338. The fraction of sp³-hybridized carbons (Fsp3) is 0.400. The Morgan fingerprint density at radius 2 is 2.08 bits per heavy atom. The summed E-state index contributed by atoms with van der Waals surface area (Å²) in [5.74, 6) is -0.124. The Balaban J connectivity index is 1.50. The van der Waals surface area contributed by atoms with Crippen LogP contribution in [0.15, 0.2) is 42.7 Å². The van der Waals surface area contributed by atoms with Crippen LogP contribution >= 0.6 is 0 Å². The average Bonchev–Trinajstić information content (AvgIpc) is 2.63. The van der Waals surface area contributed by atoms with Crippen LogP contribution in [0, 0.1) is 17.6 Å². The van der Waals surface area contributed by atoms with Crippen LogP contribution in [-0.4, -0.2) is 39.8 Å². The predicted octanol–water partition coefficient (Wildman–Crippen LogP) is 2.98. The minimum absolute atomic E-state index is 0.0553. The number of likely N-dealkylation sites (tertiary alicyclic amines) is 2. The van der Waals surface area contributed by atoms with Gasteiger partial charge in [0.25, 0.3) is 0 Å². The van der Waals surface area contributed by atoms with Gasteiger partial charge in [-0.25, -0.2) is 8.78 Å². The highest BCUT2D eigenvalue weighted by molar-refractivity contribution is 5.83. The number of piperidine rings is 2. The van der Waals surface area contributed by atoms with Gasteiger partial charge in [-0.1, -0.05) is 12.1 Å². The standard InChI is InChI=1S/C20H21F2N3O/c21-17-3-1-2-14(8-17)11-25-12-15-5-7-24(19(9-15)20(25)26)13-16-4-6-23-10-18(16)22/h1-4,6,8,10,15,19H,5,7,9,11-13H2/t15-,19+/m0/s1. The predicted molar refractivity (Wildman–Crippen MR) is 92.9 cm³/mol. The number of hydrogen-bond donors (Lipinski definition) is 0. The molecule has 0 spiro atoms. The van der Waals surface area contributed by atoms with Crippen molar-refractivity contribution in [3.63, 3.8) is 0 Å². The Morgan fingerprint density at radius 3 is 2.88 bits per heavy atom. The number of carbonyl (C=O) groups is 1. The van der Waals surface area contributed by atoms with Gasteiger partial charge in [0.05, 0.1) is 12.2 Å². The quantitative estimate of drug-likeness (QED) is 0.844. The third kappa shape index (κ3) is 3.46. The van der Waals surface area contributed by atoms with Crippen molar-refractivity contribution in [3.8, 4) is 0 Å². The molecule has 0 aliphatic carbocycles. The van der Waals surface area contributed by atoms with Gasteiger partial charge < -0.3 is 4.90 Å². The molecule has 6 heteroatoms. The molecule has 2 atom stereocenters. The fourth-order valence-corrected chi connectivity index (χ4v) is 4.06. The first kappa shape index (κ1) is 17.1. The Hall–Kier alpha value is -2.34. The molecule has 2 aromatic rings. The summed E-state index contributed by atoms with van der Waals surface area (Å²) in [4.78, 5) is 20.7. The zero-order chi connectivity index (χ0) is 18.1. The third-order valence-corrected chi connectivity index (χ3v) is 5.39. The number of hydrogen-bond acceptors (Lipinski definition) is 3. The first-order valence-corrected chi connectivity index (χ1v) is 8.96. The van der Waals surface area contributed by atoms with Gasteiger partial charge in [-0.15, -0.1) is 0 Å². The van der Waals surface area contributed by atoms with Gasteiger partial charge in [0.15, 0.2) is 0 Å². The molecule has 2 aliphatic heterocycles. The smallest absolute Gasteiger partial charge is 0.240 e. The van der Waals surface area contributed by atoms with Crippen LogP contribution in [0.25, 0.3) is 0 Å². The van der Waals surface area contributed by atoms with E-state index in [2.05, 4.69) is 9.88 Å². The molecule has 2 fully saturated rings. The molecule has 0 saturated carbocycles. The van der Waals surface area contributed by atoms with E-state index < -0.39 is 0 Å². The number of pyridine rings is 1. The van der Waals surface area contributed by atoms with Crippen LogP contribution in [-0.2, 0) is 17.9 Å². The molecule has 0 N–H and O–H groups in total. The molecule has 136 valence electrons. The second-order valence-electron chi connectivity index (χ2n) is 7.19. The number of fused-ring (bicyclic) bond motifs is 2. The molecular formula is C20H21F2N3O. The van der Waals surface area contributed by atoms with Crippen molar-refractivity contribution in [1.29, 1.82) is 0 Å². The molecule has 2 saturated heterocycles. The largest absolute Gasteiger partial charge is 0.337 e. The summed E-state index contributed by atoms with van der Waals surface area (Å²) in [5.41, 5.74) is 1.36. The first-order chi connectivity index (χ1) is 12.6. The second kappa shape index (κ2) is 7.11. The van der Waals surface area contributed by atoms with E-state index in [0.717, 1.165) is 24.9 Å². The maximum Gasteiger partial charge on any atom is 0.240 e. The summed E-state index contributed by atoms with van der Waals surface area (Å²) in [7, 11) is 0. The van der Waals surface area contributed by atoms with Crippen LogP contribution in [0.4, 0.5) is 8.78 Å². The molecule has 4 rings (SSSR count). The Bertz CT molecular complexity index is 813. The lowest BCUT2D eigenvalue weighted by molar-refractivity contribution is -0.146. The number of carbonyl (C=O) groups excluding carboxylic acids is 1. The Labute approximate surface area is 151 Å². The molecule has 0 unspecified atom stereocenters. The number of amides is 1. The van der Waals surface area contributed by atoms with Gasteiger partial charge >= 0.3 is 0 Å². The monoisotopic (exact) mass is 357 g/mol. The van der Waals surface area contributed by atoms with Crippen LogP contribution in [0.2, 0.25) is 0 Å². The second-order valence-corrected chi connectivity index (χ2v) is 7.19. The van der Waals surface area contributed by atoms with Gasteiger partial charge in [-0.2, -0.15) is 0 Å². The number of aromatic nitrogens is 1. The zero-order valence-electron chi connectivity index (χ0n) is 14.4. The van der Waals surface area contributed by atoms with Crippen LogP contribution in [0.5, 0.6) is 0 Å². The summed E-state index contributed by atoms with van der Waals surface area (Å²) in [6.45, 7) is 2.33. The van der Waals surface area contributed by atoms with E-state index in [4.69, 9.17) is 0 Å². The highest BCUT2D eigenvalue weighted by atomic mass is 19.1. The molecule has 3 heterocycles. The highest BCUT2D eigenvalue weighted by Gasteiger charge is 2.41. The van der Waals surface area contributed by atoms with Gasteiger partial charge in [0, 0.05) is 31.4 Å². The van der Waals surface area contributed by atoms with Crippen molar-refractivity contribution < 1.29 is 13.6 Å². The normalized spacial score (nSPS) is 23.3. The molecule has 2 bridgehead atoms. The van der Waals surface area contributed by atoms with Gasteiger partial charge in [0.2, 0.25) is 5.91 Å². The lowest BCUT2D eigenvalue weighted by Gasteiger charge is -2.46. The van der Waals surface area contributed by atoms with Gasteiger partial charge in [-0.3, -0.25) is 14.7 Å². The van der Waals surface area contributed by atoms with Gasteiger partial charge in [0.1, 0.15) is 11.6 Å². The SMILES string of the molecule is O=C1[C@H]2C[C@H](CCN2Cc2ccncc2F)CN1Cc1cccc(F)c1. The molecule has 4 nitrogen and oxygen atoms in total. The summed E-state index contributed by atoms with van der Waals surface area (Å²) < 4.78 is 27.4. The molecule has 26 heavy (non-hydrogen) atoms. The van der Waals surface area contributed by atoms with E-state index in [0.29, 0.717) is 31.1 Å². The fourth-order valence-electron chi connectivity index (χ4n) is 4.06. The molecule has 2 aliphatic rings. The molecule has 1 amide bonds. The van der Waals surface area contributed by atoms with Crippen molar-refractivity contribution in [2.75, 3.05) is 13.1 Å². The Kier molecular flexibility index (Phi) is 4.68. The van der Waals surface area contributed by atoms with Crippen molar-refractivity contribution >= 4 is 5.91 Å². The van der Waals surface area contributed by atoms with Gasteiger partial charge in [-0.05, 0) is 49.1 Å². The van der Waals surface area contributed by atoms with Crippen LogP contribution in [0.1, 0.15) is 24.0 Å². The maximum absolute atomic E-state index is 13.9. The highest BCUT2D eigenvalue weighted by Crippen LogP contribution is 2.32. The number of nitrogens with zero attached hydrogens (tertiary/aromatic N) is 3. The molecule has 0 radical (unpaired) electrons. The van der Waals surface area contributed by atoms with E-state index >= 15 is 0 Å². The Morgan fingerprint density at radius 1 is 1.19 bits per heavy atom. The lowest BCUT2D eigenvalue weighted by atomic mass is 9.85. The first-order valence-electron chi connectivity index (χ1n) is 8.96. The van der Waals surface area contributed by atoms with E-state index in [-0.39, 0.29) is 23.6 Å². The van der Waals surface area contributed by atoms with Crippen molar-refractivity contribution in [2.24, 2.45) is 5.92 Å². The summed E-state index contributed by atoms with van der Waals surface area (Å²) in [6, 6.07) is 7.81. The summed E-state index contributed by atoms with van der Waals surface area (Å²) in [6.07, 6.45) is 4.58. The van der Waals surface area contributed by atoms with E-state index in [9.17, 15) is 13.6 Å². The lowest BCUT2D eigenvalue weighted by Crippen LogP contribution is -2.58. The molecular weight excluding hydrogens is 336 g/mol. The van der Waals surface area contributed by atoms with Crippen LogP contribution < -0.4 is 0 Å². The average molecular weight is 357 g/mol. The molecule has 1 aromatic heterocycles. The van der Waals surface area contributed by atoms with E-state index in [1.54, 1.807) is 18.3 Å². The van der Waals surface area contributed by atoms with Crippen molar-refractivity contribution in [3.05, 3.63) is 65.5 Å². The van der Waals surface area contributed by atoms with E-state index in [1.807, 2.05) is 11.0 Å². The molecule has 1 aromatic carbocycles. The zero-order valence-corrected chi connectivity index (χ0v) is 14.4. The summed E-state index contributed by atoms with van der Waals surface area (Å²) >= 11 is 0. The number of halogens is 2. The maximum atomic E-state index is 13.9. The van der Waals surface area contributed by atoms with Crippen molar-refractivity contribution in [1.82, 2.24) is 14.8 Å². The van der Waals surface area contributed by atoms with Crippen LogP contribution in [0.3, 0.4) is 0 Å². The summed E-state index contributed by atoms with van der Waals surface area (Å²) in [5, 5.41) is 0.